The Morgan fingerprint density at radius 1 is 1.23 bits per heavy atom. The van der Waals surface area contributed by atoms with Crippen molar-refractivity contribution in [3.8, 4) is 11.5 Å². The molecule has 3 aromatic rings. The van der Waals surface area contributed by atoms with Crippen molar-refractivity contribution in [2.75, 3.05) is 19.0 Å². The van der Waals surface area contributed by atoms with Crippen molar-refractivity contribution in [1.29, 1.82) is 0 Å². The van der Waals surface area contributed by atoms with Crippen LogP contribution in [0.4, 0.5) is 5.82 Å². The molecule has 0 aliphatic heterocycles. The molecular weight excluding hydrogens is 382 g/mol. The number of hydrogen-bond acceptors (Lipinski definition) is 7. The van der Waals surface area contributed by atoms with E-state index in [1.807, 2.05) is 44.2 Å². The third kappa shape index (κ3) is 3.94. The zero-order valence-electron chi connectivity index (χ0n) is 17.1. The van der Waals surface area contributed by atoms with Crippen LogP contribution in [0.1, 0.15) is 23.5 Å². The van der Waals surface area contributed by atoms with Crippen LogP contribution in [0.5, 0.6) is 11.5 Å². The van der Waals surface area contributed by atoms with Gasteiger partial charge in [-0.1, -0.05) is 30.3 Å². The first-order chi connectivity index (χ1) is 14.5. The third-order valence-corrected chi connectivity index (χ3v) is 5.40. The van der Waals surface area contributed by atoms with Gasteiger partial charge in [-0.3, -0.25) is 4.79 Å². The van der Waals surface area contributed by atoms with Crippen molar-refractivity contribution in [2.24, 2.45) is 5.92 Å². The molecule has 2 atom stereocenters. The maximum absolute atomic E-state index is 13.0. The van der Waals surface area contributed by atoms with E-state index in [1.54, 1.807) is 12.3 Å². The monoisotopic (exact) mass is 405 g/mol. The first-order valence-corrected chi connectivity index (χ1v) is 9.68. The van der Waals surface area contributed by atoms with Gasteiger partial charge in [0.1, 0.15) is 11.6 Å². The summed E-state index contributed by atoms with van der Waals surface area (Å²) < 4.78 is 11.2. The van der Waals surface area contributed by atoms with E-state index in [-0.39, 0.29) is 11.8 Å². The Morgan fingerprint density at radius 2 is 2.03 bits per heavy atom. The molecule has 154 valence electrons. The van der Waals surface area contributed by atoms with E-state index in [0.29, 0.717) is 36.2 Å². The van der Waals surface area contributed by atoms with Crippen LogP contribution in [0, 0.1) is 19.8 Å². The highest BCUT2D eigenvalue weighted by atomic mass is 16.5. The Morgan fingerprint density at radius 3 is 2.77 bits per heavy atom. The van der Waals surface area contributed by atoms with Gasteiger partial charge in [-0.15, -0.1) is 5.10 Å². The van der Waals surface area contributed by atoms with Crippen LogP contribution in [0.15, 0.2) is 48.8 Å². The number of methoxy groups -OCH3 is 1. The second kappa shape index (κ2) is 8.06. The summed E-state index contributed by atoms with van der Waals surface area (Å²) in [6.07, 6.45) is 3.84. The fourth-order valence-corrected chi connectivity index (χ4v) is 3.64. The summed E-state index contributed by atoms with van der Waals surface area (Å²) in [6, 6.07) is 11.6. The van der Waals surface area contributed by atoms with Crippen LogP contribution in [0.2, 0.25) is 0 Å². The number of nitrogens with one attached hydrogen (secondary N) is 1. The zero-order chi connectivity index (χ0) is 21.1. The molecule has 1 N–H and O–H groups in total. The van der Waals surface area contributed by atoms with Crippen LogP contribution >= 0.6 is 0 Å². The van der Waals surface area contributed by atoms with Crippen LogP contribution in [-0.4, -0.2) is 39.8 Å². The molecule has 1 amide bonds. The molecule has 0 radical (unpaired) electrons. The van der Waals surface area contributed by atoms with E-state index in [0.717, 1.165) is 11.3 Å². The summed E-state index contributed by atoms with van der Waals surface area (Å²) in [5, 5.41) is 10.7. The first-order valence-electron chi connectivity index (χ1n) is 9.68. The van der Waals surface area contributed by atoms with Crippen molar-refractivity contribution >= 4 is 11.7 Å². The summed E-state index contributed by atoms with van der Waals surface area (Å²) in [7, 11) is 1.54. The highest BCUT2D eigenvalue weighted by Gasteiger charge is 2.60. The molecule has 0 unspecified atom stereocenters. The van der Waals surface area contributed by atoms with Gasteiger partial charge in [0.2, 0.25) is 5.91 Å². The van der Waals surface area contributed by atoms with Gasteiger partial charge in [-0.2, -0.15) is 5.10 Å². The Bertz CT molecular complexity index is 1060. The predicted molar refractivity (Wildman–Crippen MR) is 110 cm³/mol. The first kappa shape index (κ1) is 19.8. The largest absolute Gasteiger partial charge is 0.495 e. The maximum Gasteiger partial charge on any atom is 0.229 e. The molecule has 8 nitrogen and oxygen atoms in total. The molecule has 2 heterocycles. The van der Waals surface area contributed by atoms with E-state index in [9.17, 15) is 4.79 Å². The second-order valence-electron chi connectivity index (χ2n) is 7.40. The number of aryl methyl sites for hydroxylation is 2. The molecular formula is C22H23N5O3. The lowest BCUT2D eigenvalue weighted by atomic mass is 9.93. The standard InChI is InChI=1S/C22H23N5O3/c1-14-19(12-23-15(2)25-14)30-13-22(16-7-5-4-6-8-16)10-18(22)21(28)26-20-9-17(29-3)11-24-27-20/h4-9,11-12,18H,10,13H2,1-3H3,(H,26,27,28)/t18-,22+/m0/s1. The molecule has 1 aliphatic rings. The fourth-order valence-electron chi connectivity index (χ4n) is 3.64. The van der Waals surface area contributed by atoms with Crippen LogP contribution in [-0.2, 0) is 10.2 Å². The van der Waals surface area contributed by atoms with Crippen molar-refractivity contribution in [3.63, 3.8) is 0 Å². The number of carbonyl (C=O) groups excluding carboxylic acids is 1. The van der Waals surface area contributed by atoms with Gasteiger partial charge in [-0.05, 0) is 25.8 Å². The molecule has 1 fully saturated rings. The average Bonchev–Trinajstić information content (AvgIpc) is 3.50. The number of aromatic nitrogens is 4. The highest BCUT2D eigenvalue weighted by Crippen LogP contribution is 2.55. The van der Waals surface area contributed by atoms with Gasteiger partial charge < -0.3 is 14.8 Å². The van der Waals surface area contributed by atoms with Crippen LogP contribution in [0.3, 0.4) is 0 Å². The molecule has 1 aliphatic carbocycles. The molecule has 2 aromatic heterocycles. The maximum atomic E-state index is 13.0. The SMILES string of the molecule is COc1cnnc(NC(=O)[C@@H]2C[C@@]2(COc2cnc(C)nc2C)c2ccccc2)c1. The normalized spacial score (nSPS) is 19.8. The Balaban J connectivity index is 1.53. The minimum Gasteiger partial charge on any atom is -0.495 e. The Labute approximate surface area is 174 Å². The number of hydrogen-bond donors (Lipinski definition) is 1. The molecule has 8 heteroatoms. The van der Waals surface area contributed by atoms with Gasteiger partial charge in [-0.25, -0.2) is 9.97 Å². The Kier molecular flexibility index (Phi) is 5.31. The number of amides is 1. The van der Waals surface area contributed by atoms with Gasteiger partial charge >= 0.3 is 0 Å². The molecule has 30 heavy (non-hydrogen) atoms. The summed E-state index contributed by atoms with van der Waals surface area (Å²) >= 11 is 0. The quantitative estimate of drug-likeness (QED) is 0.645. The van der Waals surface area contributed by atoms with Crippen molar-refractivity contribution in [2.45, 2.75) is 25.7 Å². The van der Waals surface area contributed by atoms with Crippen LogP contribution < -0.4 is 14.8 Å². The highest BCUT2D eigenvalue weighted by molar-refractivity contribution is 5.95. The molecule has 1 saturated carbocycles. The van der Waals surface area contributed by atoms with E-state index in [4.69, 9.17) is 9.47 Å². The number of rotatable bonds is 7. The summed E-state index contributed by atoms with van der Waals surface area (Å²) in [5.74, 6) is 1.84. The van der Waals surface area contributed by atoms with E-state index >= 15 is 0 Å². The Hall–Kier alpha value is -3.55. The summed E-state index contributed by atoms with van der Waals surface area (Å²) in [4.78, 5) is 21.6. The van der Waals surface area contributed by atoms with E-state index in [2.05, 4.69) is 25.5 Å². The minimum atomic E-state index is -0.422. The number of anilines is 1. The van der Waals surface area contributed by atoms with Crippen molar-refractivity contribution in [3.05, 3.63) is 65.9 Å². The minimum absolute atomic E-state index is 0.123. The van der Waals surface area contributed by atoms with Gasteiger partial charge in [0.25, 0.3) is 0 Å². The number of benzene rings is 1. The summed E-state index contributed by atoms with van der Waals surface area (Å²) in [6.45, 7) is 4.08. The fraction of sp³-hybridized carbons (Fsp3) is 0.318. The average molecular weight is 405 g/mol. The van der Waals surface area contributed by atoms with Crippen molar-refractivity contribution < 1.29 is 14.3 Å². The molecule has 4 rings (SSSR count). The third-order valence-electron chi connectivity index (χ3n) is 5.40. The molecule has 0 bridgehead atoms. The van der Waals surface area contributed by atoms with Gasteiger partial charge in [0.05, 0.1) is 37.7 Å². The van der Waals surface area contributed by atoms with E-state index < -0.39 is 5.41 Å². The topological polar surface area (TPSA) is 99.1 Å². The summed E-state index contributed by atoms with van der Waals surface area (Å²) in [5.41, 5.74) is 1.42. The zero-order valence-corrected chi connectivity index (χ0v) is 17.1. The van der Waals surface area contributed by atoms with Gasteiger partial charge in [0.15, 0.2) is 11.6 Å². The number of nitrogens with zero attached hydrogens (tertiary/aromatic N) is 4. The predicted octanol–water partition coefficient (Wildman–Crippen LogP) is 2.87. The van der Waals surface area contributed by atoms with Crippen LogP contribution in [0.25, 0.3) is 0 Å². The smallest absolute Gasteiger partial charge is 0.229 e. The van der Waals surface area contributed by atoms with Crippen molar-refractivity contribution in [1.82, 2.24) is 20.2 Å². The number of ether oxygens (including phenoxy) is 2. The van der Waals surface area contributed by atoms with E-state index in [1.165, 1.54) is 13.3 Å². The second-order valence-corrected chi connectivity index (χ2v) is 7.40. The van der Waals surface area contributed by atoms with Gasteiger partial charge in [0, 0.05) is 11.5 Å². The molecule has 0 spiro atoms. The lowest BCUT2D eigenvalue weighted by molar-refractivity contribution is -0.117. The number of carbonyl (C=O) groups is 1. The lowest BCUT2D eigenvalue weighted by Gasteiger charge is -2.19. The lowest BCUT2D eigenvalue weighted by Crippen LogP contribution is -2.27. The molecule has 1 aromatic carbocycles. The molecule has 0 saturated heterocycles.